The number of carbonyl (C=O) groups excluding carboxylic acids is 2. The van der Waals surface area contributed by atoms with E-state index in [9.17, 15) is 9.59 Å². The molecule has 0 unspecified atom stereocenters. The molecule has 2 amide bonds. The van der Waals surface area contributed by atoms with Crippen LogP contribution in [0.5, 0.6) is 0 Å². The Morgan fingerprint density at radius 2 is 1.71 bits per heavy atom. The van der Waals surface area contributed by atoms with E-state index in [4.69, 9.17) is 0 Å². The van der Waals surface area contributed by atoms with Gasteiger partial charge in [0.05, 0.1) is 0 Å². The molecule has 3 rings (SSSR count). The largest absolute Gasteiger partial charge is 0.350 e. The molecule has 5 nitrogen and oxygen atoms in total. The molecule has 1 heterocycles. The summed E-state index contributed by atoms with van der Waals surface area (Å²) in [5.41, 5.74) is 4.77. The fourth-order valence-corrected chi connectivity index (χ4v) is 3.49. The minimum absolute atomic E-state index is 0.224. The third-order valence-corrected chi connectivity index (χ3v) is 4.81. The number of allylic oxidation sites excluding steroid dienone is 1. The Kier molecular flexibility index (Phi) is 6.58. The first-order chi connectivity index (χ1) is 13.5. The van der Waals surface area contributed by atoms with Crippen LogP contribution in [0.4, 0.5) is 5.69 Å². The normalized spacial score (nSPS) is 13.6. The van der Waals surface area contributed by atoms with Crippen molar-refractivity contribution in [1.29, 1.82) is 0 Å². The highest BCUT2D eigenvalue weighted by Gasteiger charge is 2.13. The first kappa shape index (κ1) is 19.8. The van der Waals surface area contributed by atoms with Crippen LogP contribution >= 0.6 is 0 Å². The van der Waals surface area contributed by atoms with Crippen LogP contribution in [0.3, 0.4) is 0 Å². The summed E-state index contributed by atoms with van der Waals surface area (Å²) in [7, 11) is 0. The Morgan fingerprint density at radius 3 is 2.39 bits per heavy atom. The molecule has 0 saturated heterocycles. The van der Waals surface area contributed by atoms with Crippen LogP contribution in [-0.2, 0) is 0 Å². The summed E-state index contributed by atoms with van der Waals surface area (Å²) < 4.78 is 0. The zero-order chi connectivity index (χ0) is 19.9. The molecule has 1 aliphatic carbocycles. The van der Waals surface area contributed by atoms with Crippen molar-refractivity contribution in [2.75, 3.05) is 11.9 Å². The smallest absolute Gasteiger partial charge is 0.274 e. The first-order valence-electron chi connectivity index (χ1n) is 9.84. The quantitative estimate of drug-likeness (QED) is 0.724. The number of aryl methyl sites for hydroxylation is 2. The zero-order valence-electron chi connectivity index (χ0n) is 16.5. The summed E-state index contributed by atoms with van der Waals surface area (Å²) in [5, 5.41) is 5.75. The van der Waals surface area contributed by atoms with Crippen molar-refractivity contribution in [3.05, 3.63) is 70.6 Å². The third kappa shape index (κ3) is 5.52. The van der Waals surface area contributed by atoms with Gasteiger partial charge < -0.3 is 10.6 Å². The minimum Gasteiger partial charge on any atom is -0.350 e. The molecule has 2 N–H and O–H groups in total. The lowest BCUT2D eigenvalue weighted by molar-refractivity contribution is 0.0949. The van der Waals surface area contributed by atoms with Gasteiger partial charge in [0.25, 0.3) is 11.8 Å². The van der Waals surface area contributed by atoms with E-state index in [0.717, 1.165) is 36.1 Å². The van der Waals surface area contributed by atoms with E-state index in [0.29, 0.717) is 6.54 Å². The van der Waals surface area contributed by atoms with Crippen molar-refractivity contribution in [2.24, 2.45) is 0 Å². The SMILES string of the molecule is Cc1cc(C)cc(NC(=O)c2cccc(C(=O)NCCC3=CCCCC3)n2)c1. The van der Waals surface area contributed by atoms with E-state index in [1.54, 1.807) is 18.2 Å². The third-order valence-electron chi connectivity index (χ3n) is 4.81. The number of hydrogen-bond donors (Lipinski definition) is 2. The van der Waals surface area contributed by atoms with Crippen LogP contribution in [0.1, 0.15) is 64.2 Å². The maximum atomic E-state index is 12.5. The van der Waals surface area contributed by atoms with Gasteiger partial charge in [-0.05, 0) is 81.3 Å². The topological polar surface area (TPSA) is 71.1 Å². The van der Waals surface area contributed by atoms with Crippen LogP contribution < -0.4 is 10.6 Å². The van der Waals surface area contributed by atoms with E-state index in [1.165, 1.54) is 18.4 Å². The van der Waals surface area contributed by atoms with E-state index in [1.807, 2.05) is 32.0 Å². The molecule has 1 aromatic carbocycles. The second-order valence-electron chi connectivity index (χ2n) is 7.35. The molecule has 0 radical (unpaired) electrons. The molecule has 146 valence electrons. The second-order valence-corrected chi connectivity index (χ2v) is 7.35. The van der Waals surface area contributed by atoms with Gasteiger partial charge in [0.15, 0.2) is 0 Å². The van der Waals surface area contributed by atoms with Gasteiger partial charge in [-0.15, -0.1) is 0 Å². The number of nitrogens with zero attached hydrogens (tertiary/aromatic N) is 1. The van der Waals surface area contributed by atoms with Gasteiger partial charge in [-0.1, -0.05) is 23.8 Å². The summed E-state index contributed by atoms with van der Waals surface area (Å²) in [6.07, 6.45) is 7.92. The van der Waals surface area contributed by atoms with Gasteiger partial charge in [-0.3, -0.25) is 9.59 Å². The van der Waals surface area contributed by atoms with E-state index >= 15 is 0 Å². The summed E-state index contributed by atoms with van der Waals surface area (Å²) in [4.78, 5) is 29.1. The molecule has 0 bridgehead atoms. The maximum Gasteiger partial charge on any atom is 0.274 e. The van der Waals surface area contributed by atoms with E-state index in [2.05, 4.69) is 21.7 Å². The van der Waals surface area contributed by atoms with Crippen LogP contribution in [0, 0.1) is 13.8 Å². The van der Waals surface area contributed by atoms with Gasteiger partial charge in [0, 0.05) is 12.2 Å². The number of benzene rings is 1. The van der Waals surface area contributed by atoms with Crippen molar-refractivity contribution in [2.45, 2.75) is 46.0 Å². The number of carbonyl (C=O) groups is 2. The molecular weight excluding hydrogens is 350 g/mol. The van der Waals surface area contributed by atoms with Crippen LogP contribution in [0.15, 0.2) is 48.0 Å². The summed E-state index contributed by atoms with van der Waals surface area (Å²) in [5.74, 6) is -0.579. The van der Waals surface area contributed by atoms with Crippen molar-refractivity contribution < 1.29 is 9.59 Å². The molecular formula is C23H27N3O2. The van der Waals surface area contributed by atoms with Crippen molar-refractivity contribution >= 4 is 17.5 Å². The van der Waals surface area contributed by atoms with Gasteiger partial charge >= 0.3 is 0 Å². The minimum atomic E-state index is -0.327. The highest BCUT2D eigenvalue weighted by Crippen LogP contribution is 2.19. The van der Waals surface area contributed by atoms with E-state index < -0.39 is 0 Å². The predicted octanol–water partition coefficient (Wildman–Crippen LogP) is 4.57. The number of amides is 2. The fraction of sp³-hybridized carbons (Fsp3) is 0.348. The van der Waals surface area contributed by atoms with Gasteiger partial charge in [-0.2, -0.15) is 0 Å². The lowest BCUT2D eigenvalue weighted by atomic mass is 9.97. The van der Waals surface area contributed by atoms with Gasteiger partial charge in [0.2, 0.25) is 0 Å². The highest BCUT2D eigenvalue weighted by atomic mass is 16.2. The Morgan fingerprint density at radius 1 is 1.00 bits per heavy atom. The Bertz CT molecular complexity index is 882. The summed E-state index contributed by atoms with van der Waals surface area (Å²) in [6.45, 7) is 4.55. The van der Waals surface area contributed by atoms with Crippen molar-refractivity contribution in [1.82, 2.24) is 10.3 Å². The lowest BCUT2D eigenvalue weighted by Crippen LogP contribution is -2.26. The molecule has 2 aromatic rings. The summed E-state index contributed by atoms with van der Waals surface area (Å²) >= 11 is 0. The number of rotatable bonds is 6. The first-order valence-corrected chi connectivity index (χ1v) is 9.84. The molecule has 1 aliphatic rings. The monoisotopic (exact) mass is 377 g/mol. The Balaban J connectivity index is 1.59. The lowest BCUT2D eigenvalue weighted by Gasteiger charge is -2.13. The van der Waals surface area contributed by atoms with Crippen molar-refractivity contribution in [3.63, 3.8) is 0 Å². The highest BCUT2D eigenvalue weighted by molar-refractivity contribution is 6.03. The van der Waals surface area contributed by atoms with Crippen LogP contribution in [-0.4, -0.2) is 23.3 Å². The Hall–Kier alpha value is -2.95. The molecule has 0 spiro atoms. The molecule has 0 saturated carbocycles. The Labute approximate surface area is 166 Å². The maximum absolute atomic E-state index is 12.5. The molecule has 1 aromatic heterocycles. The van der Waals surface area contributed by atoms with Gasteiger partial charge in [-0.25, -0.2) is 4.98 Å². The number of nitrogens with one attached hydrogen (secondary N) is 2. The molecule has 0 aliphatic heterocycles. The molecule has 0 atom stereocenters. The molecule has 5 heteroatoms. The number of anilines is 1. The van der Waals surface area contributed by atoms with Gasteiger partial charge in [0.1, 0.15) is 11.4 Å². The number of hydrogen-bond acceptors (Lipinski definition) is 3. The fourth-order valence-electron chi connectivity index (χ4n) is 3.49. The average Bonchev–Trinajstić information content (AvgIpc) is 2.68. The summed E-state index contributed by atoms with van der Waals surface area (Å²) in [6, 6.07) is 10.8. The van der Waals surface area contributed by atoms with Crippen LogP contribution in [0.2, 0.25) is 0 Å². The van der Waals surface area contributed by atoms with Crippen LogP contribution in [0.25, 0.3) is 0 Å². The van der Waals surface area contributed by atoms with Crippen molar-refractivity contribution in [3.8, 4) is 0 Å². The second kappa shape index (κ2) is 9.31. The zero-order valence-corrected chi connectivity index (χ0v) is 16.5. The number of aromatic nitrogens is 1. The molecule has 28 heavy (non-hydrogen) atoms. The average molecular weight is 377 g/mol. The van der Waals surface area contributed by atoms with E-state index in [-0.39, 0.29) is 23.2 Å². The number of pyridine rings is 1. The standard InChI is InChI=1S/C23H27N3O2/c1-16-13-17(2)15-19(14-16)25-23(28)21-10-6-9-20(26-21)22(27)24-12-11-18-7-4-3-5-8-18/h6-7,9-10,13-15H,3-5,8,11-12H2,1-2H3,(H,24,27)(H,25,28). The molecule has 0 fully saturated rings. The predicted molar refractivity (Wildman–Crippen MR) is 112 cm³/mol.